The monoisotopic (exact) mass is 331 g/mol. The van der Waals surface area contributed by atoms with Crippen LogP contribution in [-0.4, -0.2) is 16.9 Å². The Morgan fingerprint density at radius 2 is 1.96 bits per heavy atom. The summed E-state index contributed by atoms with van der Waals surface area (Å²) in [6.07, 6.45) is 3.27. The van der Waals surface area contributed by atoms with Crippen LogP contribution in [0.5, 0.6) is 0 Å². The second-order valence-electron chi connectivity index (χ2n) is 5.31. The van der Waals surface area contributed by atoms with E-state index in [1.807, 2.05) is 24.3 Å². The smallest absolute Gasteiger partial charge is 0.231 e. The van der Waals surface area contributed by atoms with Crippen LogP contribution < -0.4 is 10.4 Å². The van der Waals surface area contributed by atoms with Gasteiger partial charge in [0.05, 0.1) is 12.1 Å². The number of anilines is 1. The molecule has 0 radical (unpaired) electrons. The molecule has 23 heavy (non-hydrogen) atoms. The van der Waals surface area contributed by atoms with E-state index in [0.29, 0.717) is 10.7 Å². The van der Waals surface area contributed by atoms with Crippen LogP contribution >= 0.6 is 11.3 Å². The van der Waals surface area contributed by atoms with E-state index in [-0.39, 0.29) is 18.7 Å². The number of carboxylic acids is 1. The molecule has 2 rings (SSSR count). The molecule has 1 aromatic heterocycles. The van der Waals surface area contributed by atoms with Crippen LogP contribution in [0.4, 0.5) is 5.69 Å². The molecule has 0 aliphatic rings. The highest BCUT2D eigenvalue weighted by Gasteiger charge is 2.08. The number of nitrogens with one attached hydrogen (secondary N) is 1. The van der Waals surface area contributed by atoms with Crippen molar-refractivity contribution >= 4 is 28.9 Å². The number of benzene rings is 1. The van der Waals surface area contributed by atoms with Crippen LogP contribution in [0.25, 0.3) is 0 Å². The standard InChI is InChI=1S/C17H20N2O3S/c1-2-3-4-12-5-7-13(8-6-12)18-15(20)10-16-19-14(11-23-16)9-17(21)22/h5-8,11H,2-4,9-10H2,1H3,(H,18,20)(H,21,22)/p-1. The summed E-state index contributed by atoms with van der Waals surface area (Å²) in [6, 6.07) is 7.83. The summed E-state index contributed by atoms with van der Waals surface area (Å²) in [5.74, 6) is -1.34. The zero-order valence-electron chi connectivity index (χ0n) is 13.0. The van der Waals surface area contributed by atoms with Gasteiger partial charge in [-0.1, -0.05) is 25.5 Å². The van der Waals surface area contributed by atoms with Gasteiger partial charge in [0.25, 0.3) is 0 Å². The van der Waals surface area contributed by atoms with Gasteiger partial charge in [-0.05, 0) is 30.5 Å². The molecule has 6 heteroatoms. The molecule has 0 unspecified atom stereocenters. The summed E-state index contributed by atoms with van der Waals surface area (Å²) in [4.78, 5) is 26.6. The van der Waals surface area contributed by atoms with Crippen molar-refractivity contribution in [2.45, 2.75) is 39.0 Å². The third-order valence-corrected chi connectivity index (χ3v) is 4.19. The molecule has 5 nitrogen and oxygen atoms in total. The minimum atomic E-state index is -1.17. The largest absolute Gasteiger partial charge is 0.550 e. The van der Waals surface area contributed by atoms with Crippen LogP contribution in [0.15, 0.2) is 29.6 Å². The molecular weight excluding hydrogens is 312 g/mol. The zero-order chi connectivity index (χ0) is 16.7. The lowest BCUT2D eigenvalue weighted by Crippen LogP contribution is -2.24. The highest BCUT2D eigenvalue weighted by molar-refractivity contribution is 7.09. The van der Waals surface area contributed by atoms with Crippen LogP contribution in [0, 0.1) is 0 Å². The maximum atomic E-state index is 12.0. The van der Waals surface area contributed by atoms with Gasteiger partial charge in [-0.2, -0.15) is 0 Å². The number of carbonyl (C=O) groups excluding carboxylic acids is 2. The number of nitrogens with zero attached hydrogens (tertiary/aromatic N) is 1. The summed E-state index contributed by atoms with van der Waals surface area (Å²) < 4.78 is 0. The molecule has 1 aromatic carbocycles. The molecule has 122 valence electrons. The molecule has 0 saturated heterocycles. The fourth-order valence-electron chi connectivity index (χ4n) is 2.14. The Morgan fingerprint density at radius 3 is 2.61 bits per heavy atom. The first kappa shape index (κ1) is 17.1. The molecule has 0 aliphatic heterocycles. The molecule has 0 saturated carbocycles. The molecule has 1 N–H and O–H groups in total. The van der Waals surface area contributed by atoms with E-state index in [1.165, 1.54) is 16.9 Å². The third-order valence-electron chi connectivity index (χ3n) is 3.29. The summed E-state index contributed by atoms with van der Waals surface area (Å²) in [5.41, 5.74) is 2.44. The van der Waals surface area contributed by atoms with Crippen molar-refractivity contribution in [1.82, 2.24) is 4.98 Å². The second kappa shape index (κ2) is 8.43. The first-order valence-corrected chi connectivity index (χ1v) is 8.46. The quantitative estimate of drug-likeness (QED) is 0.801. The van der Waals surface area contributed by atoms with E-state index in [9.17, 15) is 14.7 Å². The fraction of sp³-hybridized carbons (Fsp3) is 0.353. The molecule has 0 bridgehead atoms. The first-order valence-electron chi connectivity index (χ1n) is 7.58. The highest BCUT2D eigenvalue weighted by Crippen LogP contribution is 2.14. The minimum absolute atomic E-state index is 0.134. The Bertz CT molecular complexity index is 665. The molecule has 1 amide bonds. The molecule has 2 aromatic rings. The van der Waals surface area contributed by atoms with Gasteiger partial charge in [0, 0.05) is 23.5 Å². The number of thiazole rings is 1. The fourth-order valence-corrected chi connectivity index (χ4v) is 2.93. The minimum Gasteiger partial charge on any atom is -0.550 e. The van der Waals surface area contributed by atoms with Gasteiger partial charge in [-0.15, -0.1) is 11.3 Å². The number of rotatable bonds is 8. The second-order valence-corrected chi connectivity index (χ2v) is 6.25. The molecule has 0 spiro atoms. The summed E-state index contributed by atoms with van der Waals surface area (Å²) in [7, 11) is 0. The number of unbranched alkanes of at least 4 members (excludes halogenated alkanes) is 1. The van der Waals surface area contributed by atoms with Crippen LogP contribution in [0.2, 0.25) is 0 Å². The van der Waals surface area contributed by atoms with E-state index in [4.69, 9.17) is 0 Å². The maximum Gasteiger partial charge on any atom is 0.231 e. The van der Waals surface area contributed by atoms with Crippen molar-refractivity contribution in [3.8, 4) is 0 Å². The average Bonchev–Trinajstić information content (AvgIpc) is 2.92. The molecule has 0 fully saturated rings. The third kappa shape index (κ3) is 5.83. The predicted octanol–water partition coefficient (Wildman–Crippen LogP) is 1.96. The number of carbonyl (C=O) groups is 2. The lowest BCUT2D eigenvalue weighted by Gasteiger charge is -2.05. The lowest BCUT2D eigenvalue weighted by atomic mass is 10.1. The summed E-state index contributed by atoms with van der Waals surface area (Å²) in [5, 5.41) is 15.6. The van der Waals surface area contributed by atoms with Crippen LogP contribution in [0.3, 0.4) is 0 Å². The predicted molar refractivity (Wildman–Crippen MR) is 88.2 cm³/mol. The summed E-state index contributed by atoms with van der Waals surface area (Å²) in [6.45, 7) is 2.16. The van der Waals surface area contributed by atoms with Gasteiger partial charge >= 0.3 is 0 Å². The van der Waals surface area contributed by atoms with Crippen LogP contribution in [0.1, 0.15) is 36.0 Å². The van der Waals surface area contributed by atoms with Gasteiger partial charge < -0.3 is 15.2 Å². The topological polar surface area (TPSA) is 82.1 Å². The first-order chi connectivity index (χ1) is 11.1. The molecule has 0 aliphatic carbocycles. The van der Waals surface area contributed by atoms with Crippen molar-refractivity contribution in [2.24, 2.45) is 0 Å². The van der Waals surface area contributed by atoms with E-state index in [1.54, 1.807) is 5.38 Å². The van der Waals surface area contributed by atoms with Gasteiger partial charge in [-0.25, -0.2) is 4.98 Å². The van der Waals surface area contributed by atoms with Crippen LogP contribution in [-0.2, 0) is 28.9 Å². The van der Waals surface area contributed by atoms with Crippen molar-refractivity contribution in [1.29, 1.82) is 0 Å². The zero-order valence-corrected chi connectivity index (χ0v) is 13.8. The molecular formula is C17H19N2O3S-. The highest BCUT2D eigenvalue weighted by atomic mass is 32.1. The van der Waals surface area contributed by atoms with Crippen molar-refractivity contribution < 1.29 is 14.7 Å². The number of aromatic nitrogens is 1. The normalized spacial score (nSPS) is 10.5. The SMILES string of the molecule is CCCCc1ccc(NC(=O)Cc2nc(CC(=O)[O-])cs2)cc1. The van der Waals surface area contributed by atoms with Gasteiger partial charge in [0.15, 0.2) is 0 Å². The van der Waals surface area contributed by atoms with E-state index in [0.717, 1.165) is 24.9 Å². The van der Waals surface area contributed by atoms with E-state index in [2.05, 4.69) is 17.2 Å². The number of hydrogen-bond donors (Lipinski definition) is 1. The number of amides is 1. The molecule has 1 heterocycles. The van der Waals surface area contributed by atoms with Crippen molar-refractivity contribution in [2.75, 3.05) is 5.32 Å². The maximum absolute atomic E-state index is 12.0. The van der Waals surface area contributed by atoms with Crippen molar-refractivity contribution in [3.63, 3.8) is 0 Å². The number of aryl methyl sites for hydroxylation is 1. The van der Waals surface area contributed by atoms with Gasteiger partial charge in [0.2, 0.25) is 5.91 Å². The lowest BCUT2D eigenvalue weighted by molar-refractivity contribution is -0.304. The van der Waals surface area contributed by atoms with E-state index >= 15 is 0 Å². The van der Waals surface area contributed by atoms with Gasteiger partial charge in [-0.3, -0.25) is 4.79 Å². The Balaban J connectivity index is 1.86. The number of aliphatic carboxylic acids is 1. The number of carboxylic acid groups (broad SMARTS) is 1. The Hall–Kier alpha value is -2.21. The Labute approximate surface area is 139 Å². The molecule has 0 atom stereocenters. The van der Waals surface area contributed by atoms with Gasteiger partial charge in [0.1, 0.15) is 5.01 Å². The number of hydrogen-bond acceptors (Lipinski definition) is 5. The van der Waals surface area contributed by atoms with E-state index < -0.39 is 5.97 Å². The van der Waals surface area contributed by atoms with Crippen molar-refractivity contribution in [3.05, 3.63) is 45.9 Å². The Morgan fingerprint density at radius 1 is 1.22 bits per heavy atom. The summed E-state index contributed by atoms with van der Waals surface area (Å²) >= 11 is 1.28. The Kier molecular flexibility index (Phi) is 6.29. The average molecular weight is 331 g/mol.